The van der Waals surface area contributed by atoms with Gasteiger partial charge in [-0.1, -0.05) is 12.1 Å². The number of ether oxygens (including phenoxy) is 5. The molecule has 1 aliphatic rings. The molecule has 3 aromatic carbocycles. The van der Waals surface area contributed by atoms with Crippen LogP contribution in [0.1, 0.15) is 11.1 Å². The Kier molecular flexibility index (Phi) is 6.92. The van der Waals surface area contributed by atoms with Gasteiger partial charge in [0.15, 0.2) is 23.0 Å². The van der Waals surface area contributed by atoms with Crippen molar-refractivity contribution < 1.29 is 28.1 Å². The molecule has 0 radical (unpaired) electrons. The van der Waals surface area contributed by atoms with E-state index in [0.717, 1.165) is 35.2 Å². The second-order valence-corrected chi connectivity index (χ2v) is 8.74. The monoisotopic (exact) mass is 503 g/mol. The van der Waals surface area contributed by atoms with Gasteiger partial charge in [0.05, 0.1) is 39.6 Å². The van der Waals surface area contributed by atoms with Gasteiger partial charge in [0.25, 0.3) is 0 Å². The van der Waals surface area contributed by atoms with Gasteiger partial charge in [-0.15, -0.1) is 0 Å². The zero-order chi connectivity index (χ0) is 25.9. The maximum atomic E-state index is 13.1. The van der Waals surface area contributed by atoms with Crippen molar-refractivity contribution in [2.75, 3.05) is 41.7 Å². The Morgan fingerprint density at radius 3 is 2.24 bits per heavy atom. The van der Waals surface area contributed by atoms with Crippen molar-refractivity contribution in [1.82, 2.24) is 4.90 Å². The third-order valence-corrected chi connectivity index (χ3v) is 6.61. The molecule has 4 aromatic rings. The van der Waals surface area contributed by atoms with Gasteiger partial charge in [-0.2, -0.15) is 0 Å². The predicted molar refractivity (Wildman–Crippen MR) is 140 cm³/mol. The van der Waals surface area contributed by atoms with E-state index < -0.39 is 5.63 Å². The van der Waals surface area contributed by atoms with Gasteiger partial charge in [-0.05, 0) is 60.0 Å². The first-order valence-electron chi connectivity index (χ1n) is 11.9. The zero-order valence-electron chi connectivity index (χ0n) is 21.3. The molecule has 0 saturated heterocycles. The minimum Gasteiger partial charge on any atom is -0.493 e. The maximum absolute atomic E-state index is 13.1. The van der Waals surface area contributed by atoms with Gasteiger partial charge in [-0.25, -0.2) is 4.79 Å². The molecule has 0 amide bonds. The molecule has 8 nitrogen and oxygen atoms in total. The van der Waals surface area contributed by atoms with Crippen LogP contribution < -0.4 is 29.3 Å². The summed E-state index contributed by atoms with van der Waals surface area (Å²) in [4.78, 5) is 15.2. The van der Waals surface area contributed by atoms with E-state index in [1.54, 1.807) is 40.6 Å². The Bertz CT molecular complexity index is 1490. The highest BCUT2D eigenvalue weighted by atomic mass is 16.5. The highest BCUT2D eigenvalue weighted by Gasteiger charge is 2.22. The average molecular weight is 504 g/mol. The fraction of sp³-hybridized carbons (Fsp3) is 0.276. The van der Waals surface area contributed by atoms with Crippen LogP contribution in [0.25, 0.3) is 22.1 Å². The molecular weight excluding hydrogens is 474 g/mol. The van der Waals surface area contributed by atoms with Gasteiger partial charge < -0.3 is 28.1 Å². The summed E-state index contributed by atoms with van der Waals surface area (Å²) in [5.41, 5.74) is 3.27. The minimum atomic E-state index is -0.421. The lowest BCUT2D eigenvalue weighted by atomic mass is 10.0. The topological polar surface area (TPSA) is 79.6 Å². The van der Waals surface area contributed by atoms with Crippen LogP contribution in [-0.2, 0) is 13.0 Å². The molecule has 5 rings (SSSR count). The van der Waals surface area contributed by atoms with Crippen molar-refractivity contribution in [3.05, 3.63) is 76.1 Å². The van der Waals surface area contributed by atoms with E-state index in [1.807, 2.05) is 42.5 Å². The van der Waals surface area contributed by atoms with Crippen LogP contribution in [-0.4, -0.2) is 46.6 Å². The molecule has 0 bridgehead atoms. The first-order chi connectivity index (χ1) is 18.0. The first-order valence-corrected chi connectivity index (χ1v) is 11.9. The van der Waals surface area contributed by atoms with Crippen LogP contribution in [0, 0.1) is 0 Å². The first kappa shape index (κ1) is 24.5. The van der Waals surface area contributed by atoms with E-state index in [9.17, 15) is 4.79 Å². The van der Waals surface area contributed by atoms with E-state index in [0.29, 0.717) is 53.0 Å². The highest BCUT2D eigenvalue weighted by Crippen LogP contribution is 2.35. The second kappa shape index (κ2) is 10.4. The van der Waals surface area contributed by atoms with Crippen molar-refractivity contribution in [3.8, 4) is 39.9 Å². The van der Waals surface area contributed by atoms with E-state index >= 15 is 0 Å². The van der Waals surface area contributed by atoms with Crippen LogP contribution in [0.3, 0.4) is 0 Å². The SMILES string of the molecule is COc1ccc(CCN2COc3ccc4cc(-c5ccc(OC)c(OC)c5)c(=O)oc4c3C2)cc1OC. The smallest absolute Gasteiger partial charge is 0.344 e. The largest absolute Gasteiger partial charge is 0.493 e. The van der Waals surface area contributed by atoms with Gasteiger partial charge in [0.1, 0.15) is 18.1 Å². The Morgan fingerprint density at radius 2 is 1.51 bits per heavy atom. The Balaban J connectivity index is 1.40. The molecule has 0 N–H and O–H groups in total. The molecule has 0 fully saturated rings. The summed E-state index contributed by atoms with van der Waals surface area (Å²) in [7, 11) is 6.39. The summed E-state index contributed by atoms with van der Waals surface area (Å²) in [6.07, 6.45) is 0.803. The van der Waals surface area contributed by atoms with Gasteiger partial charge in [0, 0.05) is 18.5 Å². The number of benzene rings is 3. The molecule has 1 aromatic heterocycles. The fourth-order valence-corrected chi connectivity index (χ4v) is 4.61. The normalized spacial score (nSPS) is 13.1. The van der Waals surface area contributed by atoms with Crippen molar-refractivity contribution in [3.63, 3.8) is 0 Å². The summed E-state index contributed by atoms with van der Waals surface area (Å²) in [6.45, 7) is 1.83. The summed E-state index contributed by atoms with van der Waals surface area (Å²) >= 11 is 0. The fourth-order valence-electron chi connectivity index (χ4n) is 4.61. The Hall–Kier alpha value is -4.17. The Labute approximate surface area is 214 Å². The van der Waals surface area contributed by atoms with Crippen LogP contribution in [0.2, 0.25) is 0 Å². The lowest BCUT2D eigenvalue weighted by Gasteiger charge is -2.29. The number of nitrogens with zero attached hydrogens (tertiary/aromatic N) is 1. The van der Waals surface area contributed by atoms with E-state index in [-0.39, 0.29) is 0 Å². The average Bonchev–Trinajstić information content (AvgIpc) is 2.95. The molecule has 8 heteroatoms. The second-order valence-electron chi connectivity index (χ2n) is 8.74. The predicted octanol–water partition coefficient (Wildman–Crippen LogP) is 4.89. The molecular formula is C29H29NO7. The number of fused-ring (bicyclic) bond motifs is 3. The number of hydrogen-bond acceptors (Lipinski definition) is 8. The summed E-state index contributed by atoms with van der Waals surface area (Å²) in [5.74, 6) is 3.28. The highest BCUT2D eigenvalue weighted by molar-refractivity contribution is 5.86. The number of rotatable bonds is 8. The summed E-state index contributed by atoms with van der Waals surface area (Å²) in [6, 6.07) is 17.0. The summed E-state index contributed by atoms with van der Waals surface area (Å²) in [5, 5.41) is 0.827. The number of hydrogen-bond donors (Lipinski definition) is 0. The summed E-state index contributed by atoms with van der Waals surface area (Å²) < 4.78 is 33.4. The molecule has 0 atom stereocenters. The van der Waals surface area contributed by atoms with Gasteiger partial charge >= 0.3 is 5.63 Å². The third-order valence-electron chi connectivity index (χ3n) is 6.61. The molecule has 0 unspecified atom stereocenters. The molecule has 0 aliphatic carbocycles. The maximum Gasteiger partial charge on any atom is 0.344 e. The molecule has 37 heavy (non-hydrogen) atoms. The van der Waals surface area contributed by atoms with Crippen molar-refractivity contribution >= 4 is 11.0 Å². The van der Waals surface area contributed by atoms with Crippen LogP contribution in [0.4, 0.5) is 0 Å². The van der Waals surface area contributed by atoms with Gasteiger partial charge in [0.2, 0.25) is 0 Å². The quantitative estimate of drug-likeness (QED) is 0.315. The van der Waals surface area contributed by atoms with Crippen molar-refractivity contribution in [2.45, 2.75) is 13.0 Å². The standard InChI is InChI=1S/C29H29NO7/c1-32-24-8-5-18(13-26(24)34-3)11-12-30-16-22-23(36-17-30)9-7-20-14-21(29(31)37-28(20)22)19-6-10-25(33-2)27(15-19)35-4/h5-10,13-15H,11-12,16-17H2,1-4H3. The van der Waals surface area contributed by atoms with Crippen molar-refractivity contribution in [2.24, 2.45) is 0 Å². The van der Waals surface area contributed by atoms with E-state index in [4.69, 9.17) is 28.1 Å². The third kappa shape index (κ3) is 4.80. The number of methoxy groups -OCH3 is 4. The van der Waals surface area contributed by atoms with Crippen molar-refractivity contribution in [1.29, 1.82) is 0 Å². The lowest BCUT2D eigenvalue weighted by Crippen LogP contribution is -2.33. The van der Waals surface area contributed by atoms with Crippen LogP contribution in [0.5, 0.6) is 28.7 Å². The minimum absolute atomic E-state index is 0.421. The molecule has 2 heterocycles. The van der Waals surface area contributed by atoms with E-state index in [2.05, 4.69) is 4.90 Å². The lowest BCUT2D eigenvalue weighted by molar-refractivity contribution is 0.0967. The van der Waals surface area contributed by atoms with Crippen LogP contribution in [0.15, 0.2) is 63.8 Å². The van der Waals surface area contributed by atoms with Crippen LogP contribution >= 0.6 is 0 Å². The molecule has 1 aliphatic heterocycles. The molecule has 192 valence electrons. The Morgan fingerprint density at radius 1 is 0.811 bits per heavy atom. The van der Waals surface area contributed by atoms with E-state index in [1.165, 1.54) is 0 Å². The zero-order valence-corrected chi connectivity index (χ0v) is 21.3. The molecule has 0 saturated carbocycles. The van der Waals surface area contributed by atoms with Gasteiger partial charge in [-0.3, -0.25) is 4.90 Å². The molecule has 0 spiro atoms.